The monoisotopic (exact) mass is 409 g/mol. The molecule has 1 N–H and O–H groups in total. The van der Waals surface area contributed by atoms with Crippen LogP contribution in [0.5, 0.6) is 5.75 Å². The molecule has 3 aromatic carbocycles. The van der Waals surface area contributed by atoms with Crippen molar-refractivity contribution >= 4 is 28.8 Å². The molecule has 1 heterocycles. The third kappa shape index (κ3) is 3.65. The second kappa shape index (κ2) is 8.17. The highest BCUT2D eigenvalue weighted by Gasteiger charge is 2.41. The number of para-hydroxylation sites is 1. The number of carbonyl (C=O) groups excluding carboxylic acids is 2. The first kappa shape index (κ1) is 19.9. The summed E-state index contributed by atoms with van der Waals surface area (Å²) in [5, 5.41) is 12.2. The molecule has 0 saturated carbocycles. The van der Waals surface area contributed by atoms with Crippen LogP contribution in [0.15, 0.2) is 78.5 Å². The van der Waals surface area contributed by atoms with Gasteiger partial charge in [-0.05, 0) is 55.0 Å². The highest BCUT2D eigenvalue weighted by Crippen LogP contribution is 2.37. The predicted molar refractivity (Wildman–Crippen MR) is 118 cm³/mol. The molecule has 0 saturated heterocycles. The van der Waals surface area contributed by atoms with Crippen molar-refractivity contribution < 1.29 is 14.3 Å². The van der Waals surface area contributed by atoms with Crippen molar-refractivity contribution in [2.24, 2.45) is 0 Å². The molecule has 0 radical (unpaired) electrons. The fraction of sp³-hybridized carbons (Fsp3) is 0.0800. The number of nitrogens with one attached hydrogen (secondary N) is 1. The minimum atomic E-state index is -0.475. The number of carbonyl (C=O) groups is 2. The summed E-state index contributed by atoms with van der Waals surface area (Å²) < 4.78 is 5.45. The van der Waals surface area contributed by atoms with Gasteiger partial charge in [0.05, 0.1) is 30.0 Å². The number of methoxy groups -OCH3 is 1. The van der Waals surface area contributed by atoms with Crippen LogP contribution < -0.4 is 15.0 Å². The van der Waals surface area contributed by atoms with Crippen LogP contribution in [0.3, 0.4) is 0 Å². The van der Waals surface area contributed by atoms with E-state index in [0.29, 0.717) is 28.3 Å². The maximum Gasteiger partial charge on any atom is 0.282 e. The summed E-state index contributed by atoms with van der Waals surface area (Å²) in [4.78, 5) is 28.0. The Kier molecular flexibility index (Phi) is 5.25. The summed E-state index contributed by atoms with van der Waals surface area (Å²) in [5.41, 5.74) is 3.48. The molecular formula is C25H19N3O3. The van der Waals surface area contributed by atoms with E-state index in [1.165, 1.54) is 7.11 Å². The number of hydrogen-bond acceptors (Lipinski definition) is 5. The van der Waals surface area contributed by atoms with Crippen molar-refractivity contribution in [1.82, 2.24) is 0 Å². The first-order chi connectivity index (χ1) is 15.0. The molecule has 3 aromatic rings. The van der Waals surface area contributed by atoms with Crippen molar-refractivity contribution in [2.75, 3.05) is 17.3 Å². The highest BCUT2D eigenvalue weighted by molar-refractivity contribution is 6.46. The number of anilines is 2. The van der Waals surface area contributed by atoms with Crippen molar-refractivity contribution in [1.29, 1.82) is 5.26 Å². The average molecular weight is 409 g/mol. The van der Waals surface area contributed by atoms with Gasteiger partial charge in [0, 0.05) is 11.3 Å². The van der Waals surface area contributed by atoms with Gasteiger partial charge in [-0.25, -0.2) is 4.90 Å². The van der Waals surface area contributed by atoms with Crippen LogP contribution in [-0.4, -0.2) is 18.9 Å². The number of imide groups is 1. The van der Waals surface area contributed by atoms with E-state index >= 15 is 0 Å². The van der Waals surface area contributed by atoms with Gasteiger partial charge in [-0.3, -0.25) is 9.59 Å². The maximum atomic E-state index is 13.5. The number of aryl methyl sites for hydroxylation is 1. The van der Waals surface area contributed by atoms with E-state index in [1.807, 2.05) is 37.3 Å². The van der Waals surface area contributed by atoms with Gasteiger partial charge >= 0.3 is 0 Å². The van der Waals surface area contributed by atoms with Crippen LogP contribution in [0.1, 0.15) is 16.7 Å². The molecule has 6 heteroatoms. The summed E-state index contributed by atoms with van der Waals surface area (Å²) in [6.07, 6.45) is 0. The smallest absolute Gasteiger partial charge is 0.282 e. The fourth-order valence-electron chi connectivity index (χ4n) is 3.53. The second-order valence-corrected chi connectivity index (χ2v) is 7.05. The standard InChI is InChI=1S/C25H19N3O3/c1-16-6-5-7-18(14-16)27-23-22(20-8-3-4-9-21(20)31-2)24(29)28(25(23)30)19-12-10-17(15-26)11-13-19/h3-14,27H,1-2H3. The minimum Gasteiger partial charge on any atom is -0.496 e. The van der Waals surface area contributed by atoms with Crippen LogP contribution in [0, 0.1) is 18.3 Å². The lowest BCUT2D eigenvalue weighted by atomic mass is 10.0. The van der Waals surface area contributed by atoms with E-state index in [-0.39, 0.29) is 11.3 Å². The lowest BCUT2D eigenvalue weighted by Gasteiger charge is -2.15. The minimum absolute atomic E-state index is 0.171. The molecule has 1 aliphatic rings. The molecule has 0 atom stereocenters. The van der Waals surface area contributed by atoms with Crippen molar-refractivity contribution in [3.05, 3.63) is 95.2 Å². The molecular weight excluding hydrogens is 390 g/mol. The van der Waals surface area contributed by atoms with E-state index in [1.54, 1.807) is 48.5 Å². The number of nitrogens with zero attached hydrogens (tertiary/aromatic N) is 2. The predicted octanol–water partition coefficient (Wildman–Crippen LogP) is 4.27. The van der Waals surface area contributed by atoms with E-state index < -0.39 is 11.8 Å². The third-order valence-corrected chi connectivity index (χ3v) is 5.00. The first-order valence-corrected chi connectivity index (χ1v) is 9.64. The Morgan fingerprint density at radius 1 is 0.935 bits per heavy atom. The Balaban J connectivity index is 1.85. The molecule has 0 spiro atoms. The zero-order valence-electron chi connectivity index (χ0n) is 17.0. The number of hydrogen-bond donors (Lipinski definition) is 1. The lowest BCUT2D eigenvalue weighted by molar-refractivity contribution is -0.120. The van der Waals surface area contributed by atoms with E-state index in [2.05, 4.69) is 5.32 Å². The van der Waals surface area contributed by atoms with Gasteiger partial charge in [0.1, 0.15) is 11.4 Å². The lowest BCUT2D eigenvalue weighted by Crippen LogP contribution is -2.32. The number of rotatable bonds is 5. The molecule has 6 nitrogen and oxygen atoms in total. The molecule has 4 rings (SSSR count). The van der Waals surface area contributed by atoms with Crippen molar-refractivity contribution in [3.8, 4) is 11.8 Å². The molecule has 0 aromatic heterocycles. The molecule has 2 amide bonds. The van der Waals surface area contributed by atoms with E-state index in [0.717, 1.165) is 10.5 Å². The van der Waals surface area contributed by atoms with Gasteiger partial charge in [-0.15, -0.1) is 0 Å². The summed E-state index contributed by atoms with van der Waals surface area (Å²) >= 11 is 0. The zero-order chi connectivity index (χ0) is 22.0. The summed E-state index contributed by atoms with van der Waals surface area (Å²) in [6, 6.07) is 23.0. The average Bonchev–Trinajstić information content (AvgIpc) is 3.03. The van der Waals surface area contributed by atoms with Crippen molar-refractivity contribution in [2.45, 2.75) is 6.92 Å². The van der Waals surface area contributed by atoms with Gasteiger partial charge in [0.2, 0.25) is 0 Å². The second-order valence-electron chi connectivity index (χ2n) is 7.05. The topological polar surface area (TPSA) is 82.4 Å². The van der Waals surface area contributed by atoms with E-state index in [9.17, 15) is 9.59 Å². The zero-order valence-corrected chi connectivity index (χ0v) is 17.0. The summed E-state index contributed by atoms with van der Waals surface area (Å²) in [6.45, 7) is 1.95. The highest BCUT2D eigenvalue weighted by atomic mass is 16.5. The fourth-order valence-corrected chi connectivity index (χ4v) is 3.53. The number of ether oxygens (including phenoxy) is 1. The Bertz CT molecular complexity index is 1250. The molecule has 1 aliphatic heterocycles. The Morgan fingerprint density at radius 2 is 1.68 bits per heavy atom. The van der Waals surface area contributed by atoms with Gasteiger partial charge in [-0.1, -0.05) is 30.3 Å². The molecule has 0 unspecified atom stereocenters. The summed E-state index contributed by atoms with van der Waals surface area (Å²) in [5.74, 6) is -0.449. The SMILES string of the molecule is COc1ccccc1C1=C(Nc2cccc(C)c2)C(=O)N(c2ccc(C#N)cc2)C1=O. The maximum absolute atomic E-state index is 13.5. The van der Waals surface area contributed by atoms with Gasteiger partial charge in [-0.2, -0.15) is 5.26 Å². The third-order valence-electron chi connectivity index (χ3n) is 5.00. The van der Waals surface area contributed by atoms with Crippen LogP contribution in [-0.2, 0) is 9.59 Å². The molecule has 31 heavy (non-hydrogen) atoms. The molecule has 0 aliphatic carbocycles. The van der Waals surface area contributed by atoms with Gasteiger partial charge in [0.15, 0.2) is 0 Å². The number of benzene rings is 3. The van der Waals surface area contributed by atoms with Crippen LogP contribution >= 0.6 is 0 Å². The molecule has 0 fully saturated rings. The number of amides is 2. The van der Waals surface area contributed by atoms with Crippen molar-refractivity contribution in [3.63, 3.8) is 0 Å². The Hall–Kier alpha value is -4.37. The van der Waals surface area contributed by atoms with Crippen LogP contribution in [0.4, 0.5) is 11.4 Å². The molecule has 0 bridgehead atoms. The van der Waals surface area contributed by atoms with E-state index in [4.69, 9.17) is 10.00 Å². The molecule has 152 valence electrons. The Labute approximate surface area is 180 Å². The normalized spacial score (nSPS) is 13.4. The van der Waals surface area contributed by atoms with Crippen LogP contribution in [0.25, 0.3) is 5.57 Å². The number of nitriles is 1. The van der Waals surface area contributed by atoms with Crippen LogP contribution in [0.2, 0.25) is 0 Å². The van der Waals surface area contributed by atoms with Gasteiger partial charge < -0.3 is 10.1 Å². The van der Waals surface area contributed by atoms with Gasteiger partial charge in [0.25, 0.3) is 11.8 Å². The quantitative estimate of drug-likeness (QED) is 0.637. The Morgan fingerprint density at radius 3 is 2.35 bits per heavy atom. The summed E-state index contributed by atoms with van der Waals surface area (Å²) in [7, 11) is 1.52. The largest absolute Gasteiger partial charge is 0.496 e. The first-order valence-electron chi connectivity index (χ1n) is 9.64.